The third-order valence-electron chi connectivity index (χ3n) is 5.11. The summed E-state index contributed by atoms with van der Waals surface area (Å²) in [4.78, 5) is 12.5. The Bertz CT molecular complexity index is 1040. The molecule has 1 amide bonds. The largest absolute Gasteiger partial charge is 0.380 e. The van der Waals surface area contributed by atoms with Gasteiger partial charge in [-0.2, -0.15) is 0 Å². The predicted octanol–water partition coefficient (Wildman–Crippen LogP) is 5.88. The van der Waals surface area contributed by atoms with Crippen LogP contribution in [0, 0.1) is 18.2 Å². The van der Waals surface area contributed by atoms with Crippen molar-refractivity contribution >= 4 is 23.5 Å². The first-order valence-electron chi connectivity index (χ1n) is 10.5. The van der Waals surface area contributed by atoms with Crippen molar-refractivity contribution < 1.29 is 9.18 Å². The van der Waals surface area contributed by atoms with Crippen LogP contribution in [0.1, 0.15) is 41.2 Å². The highest BCUT2D eigenvalue weighted by Crippen LogP contribution is 2.25. The van der Waals surface area contributed by atoms with E-state index in [0.717, 1.165) is 35.2 Å². The summed E-state index contributed by atoms with van der Waals surface area (Å²) in [5, 5.41) is 14.0. The molecule has 0 bridgehead atoms. The molecule has 0 saturated heterocycles. The minimum absolute atomic E-state index is 0.0920. The number of nitrogens with one attached hydrogen (secondary N) is 3. The molecular formula is C26H28FN3O. The number of rotatable bonds is 9. The highest BCUT2D eigenvalue weighted by atomic mass is 19.1. The lowest BCUT2D eigenvalue weighted by Crippen LogP contribution is -2.15. The second-order valence-corrected chi connectivity index (χ2v) is 7.67. The van der Waals surface area contributed by atoms with E-state index in [4.69, 9.17) is 5.41 Å². The molecule has 3 aromatic carbocycles. The Kier molecular flexibility index (Phi) is 7.55. The predicted molar refractivity (Wildman–Crippen MR) is 126 cm³/mol. The highest BCUT2D eigenvalue weighted by molar-refractivity contribution is 5.95. The molecule has 160 valence electrons. The zero-order valence-electron chi connectivity index (χ0n) is 18.0. The lowest BCUT2D eigenvalue weighted by molar-refractivity contribution is -0.115. The summed E-state index contributed by atoms with van der Waals surface area (Å²) in [6.45, 7) is 4.60. The smallest absolute Gasteiger partial charge is 0.228 e. The van der Waals surface area contributed by atoms with Crippen LogP contribution in [0.15, 0.2) is 60.7 Å². The Morgan fingerprint density at radius 2 is 1.65 bits per heavy atom. The maximum atomic E-state index is 13.1. The van der Waals surface area contributed by atoms with Gasteiger partial charge in [0, 0.05) is 29.7 Å². The monoisotopic (exact) mass is 417 g/mol. The van der Waals surface area contributed by atoms with Crippen molar-refractivity contribution in [2.24, 2.45) is 0 Å². The van der Waals surface area contributed by atoms with Crippen LogP contribution in [0.3, 0.4) is 0 Å². The van der Waals surface area contributed by atoms with Crippen molar-refractivity contribution in [1.29, 1.82) is 5.41 Å². The fourth-order valence-corrected chi connectivity index (χ4v) is 3.54. The molecule has 0 aliphatic heterocycles. The molecule has 0 saturated carbocycles. The molecule has 0 aromatic heterocycles. The number of halogens is 1. The maximum absolute atomic E-state index is 13.1. The second kappa shape index (κ2) is 10.5. The van der Waals surface area contributed by atoms with Gasteiger partial charge in [0.15, 0.2) is 0 Å². The van der Waals surface area contributed by atoms with E-state index in [2.05, 4.69) is 29.7 Å². The van der Waals surface area contributed by atoms with Gasteiger partial charge in [0.1, 0.15) is 5.82 Å². The minimum atomic E-state index is -0.267. The fourth-order valence-electron chi connectivity index (χ4n) is 3.54. The van der Waals surface area contributed by atoms with Crippen LogP contribution >= 0.6 is 0 Å². The van der Waals surface area contributed by atoms with Crippen LogP contribution in [0.25, 0.3) is 0 Å². The average molecular weight is 418 g/mol. The van der Waals surface area contributed by atoms with Crippen LogP contribution in [0.2, 0.25) is 0 Å². The number of amides is 1. The Hall–Kier alpha value is -3.47. The summed E-state index contributed by atoms with van der Waals surface area (Å²) in [6, 6.07) is 18.1. The molecule has 5 heteroatoms. The summed E-state index contributed by atoms with van der Waals surface area (Å²) < 4.78 is 13.1. The molecule has 3 rings (SSSR count). The third-order valence-corrected chi connectivity index (χ3v) is 5.11. The summed E-state index contributed by atoms with van der Waals surface area (Å²) in [5.74, 6) is -0.359. The van der Waals surface area contributed by atoms with Gasteiger partial charge in [-0.25, -0.2) is 4.39 Å². The summed E-state index contributed by atoms with van der Waals surface area (Å²) in [5.41, 5.74) is 6.28. The lowest BCUT2D eigenvalue weighted by Gasteiger charge is -2.15. The summed E-state index contributed by atoms with van der Waals surface area (Å²) in [7, 11) is 0. The van der Waals surface area contributed by atoms with Gasteiger partial charge < -0.3 is 16.0 Å². The van der Waals surface area contributed by atoms with Crippen LogP contribution < -0.4 is 10.6 Å². The van der Waals surface area contributed by atoms with Gasteiger partial charge in [-0.05, 0) is 59.9 Å². The van der Waals surface area contributed by atoms with E-state index in [-0.39, 0.29) is 11.7 Å². The first-order valence-corrected chi connectivity index (χ1v) is 10.5. The number of aryl methyl sites for hydroxylation is 2. The number of carbonyl (C=O) groups excluding carboxylic acids is 1. The maximum Gasteiger partial charge on any atom is 0.228 e. The molecule has 0 aliphatic carbocycles. The van der Waals surface area contributed by atoms with E-state index < -0.39 is 0 Å². The molecule has 0 heterocycles. The van der Waals surface area contributed by atoms with Gasteiger partial charge in [0.25, 0.3) is 0 Å². The lowest BCUT2D eigenvalue weighted by atomic mass is 10.0. The highest BCUT2D eigenvalue weighted by Gasteiger charge is 2.10. The Morgan fingerprint density at radius 1 is 1.00 bits per heavy atom. The SMILES string of the molecule is CCCc1ccc(CC(=O)Nc2cc(C)c(NCc3ccc(F)cc3)c(C=N)c2)cc1. The van der Waals surface area contributed by atoms with Gasteiger partial charge in [0.2, 0.25) is 5.91 Å². The van der Waals surface area contributed by atoms with Crippen molar-refractivity contribution in [3.05, 3.63) is 94.3 Å². The molecule has 3 aromatic rings. The van der Waals surface area contributed by atoms with Crippen molar-refractivity contribution in [3.8, 4) is 0 Å². The van der Waals surface area contributed by atoms with Crippen LogP contribution in [-0.4, -0.2) is 12.1 Å². The Morgan fingerprint density at radius 3 is 2.29 bits per heavy atom. The van der Waals surface area contributed by atoms with Gasteiger partial charge in [-0.15, -0.1) is 0 Å². The molecule has 0 fully saturated rings. The molecule has 0 atom stereocenters. The van der Waals surface area contributed by atoms with Crippen LogP contribution in [-0.2, 0) is 24.2 Å². The summed E-state index contributed by atoms with van der Waals surface area (Å²) >= 11 is 0. The van der Waals surface area contributed by atoms with E-state index in [1.165, 1.54) is 23.9 Å². The quantitative estimate of drug-likeness (QED) is 0.381. The number of hydrogen-bond acceptors (Lipinski definition) is 3. The molecular weight excluding hydrogens is 389 g/mol. The third kappa shape index (κ3) is 6.25. The van der Waals surface area contributed by atoms with Crippen molar-refractivity contribution in [2.45, 2.75) is 39.7 Å². The first-order chi connectivity index (χ1) is 15.0. The minimum Gasteiger partial charge on any atom is -0.380 e. The average Bonchev–Trinajstić information content (AvgIpc) is 2.75. The molecule has 0 aliphatic rings. The fraction of sp³-hybridized carbons (Fsp3) is 0.231. The van der Waals surface area contributed by atoms with Crippen molar-refractivity contribution in [1.82, 2.24) is 0 Å². The molecule has 31 heavy (non-hydrogen) atoms. The van der Waals surface area contributed by atoms with Gasteiger partial charge in [0.05, 0.1) is 6.42 Å². The molecule has 0 spiro atoms. The van der Waals surface area contributed by atoms with E-state index >= 15 is 0 Å². The first kappa shape index (κ1) is 22.2. The topological polar surface area (TPSA) is 65.0 Å². The van der Waals surface area contributed by atoms with E-state index in [1.54, 1.807) is 18.2 Å². The van der Waals surface area contributed by atoms with E-state index in [9.17, 15) is 9.18 Å². The van der Waals surface area contributed by atoms with Crippen LogP contribution in [0.5, 0.6) is 0 Å². The Labute approximate surface area is 183 Å². The van der Waals surface area contributed by atoms with E-state index in [0.29, 0.717) is 24.2 Å². The normalized spacial score (nSPS) is 10.5. The van der Waals surface area contributed by atoms with Gasteiger partial charge in [-0.3, -0.25) is 4.79 Å². The molecule has 0 unspecified atom stereocenters. The Balaban J connectivity index is 1.66. The number of anilines is 2. The number of carbonyl (C=O) groups is 1. The van der Waals surface area contributed by atoms with Gasteiger partial charge >= 0.3 is 0 Å². The van der Waals surface area contributed by atoms with Gasteiger partial charge in [-0.1, -0.05) is 49.7 Å². The van der Waals surface area contributed by atoms with Crippen molar-refractivity contribution in [3.63, 3.8) is 0 Å². The summed E-state index contributed by atoms with van der Waals surface area (Å²) in [6.07, 6.45) is 3.71. The molecule has 0 radical (unpaired) electrons. The number of benzene rings is 3. The van der Waals surface area contributed by atoms with Crippen molar-refractivity contribution in [2.75, 3.05) is 10.6 Å². The standard InChI is InChI=1S/C26H28FN3O/c1-3-4-19-5-7-20(8-6-19)14-25(31)30-24-13-18(2)26(22(15-24)16-28)29-17-21-9-11-23(27)12-10-21/h5-13,15-16,28-29H,3-4,14,17H2,1-2H3,(H,30,31). The zero-order valence-corrected chi connectivity index (χ0v) is 18.0. The van der Waals surface area contributed by atoms with Crippen LogP contribution in [0.4, 0.5) is 15.8 Å². The van der Waals surface area contributed by atoms with E-state index in [1.807, 2.05) is 25.1 Å². The zero-order chi connectivity index (χ0) is 22.2. The number of hydrogen-bond donors (Lipinski definition) is 3. The second-order valence-electron chi connectivity index (χ2n) is 7.67. The molecule has 3 N–H and O–H groups in total. The molecule has 4 nitrogen and oxygen atoms in total.